The zero-order valence-corrected chi connectivity index (χ0v) is 9.79. The Kier molecular flexibility index (Phi) is 4.53. The number of aromatic hydroxyl groups is 2. The maximum Gasteiger partial charge on any atom is 0.311 e. The van der Waals surface area contributed by atoms with Crippen molar-refractivity contribution in [3.63, 3.8) is 0 Å². The minimum atomic E-state index is -1.20. The summed E-state index contributed by atoms with van der Waals surface area (Å²) >= 11 is 0. The van der Waals surface area contributed by atoms with Crippen molar-refractivity contribution in [1.29, 1.82) is 0 Å². The van der Waals surface area contributed by atoms with Crippen LogP contribution < -0.4 is 0 Å². The lowest BCUT2D eigenvalue weighted by Crippen LogP contribution is -2.17. The lowest BCUT2D eigenvalue weighted by atomic mass is 9.95. The van der Waals surface area contributed by atoms with E-state index in [4.69, 9.17) is 10.2 Å². The fraction of sp³-hybridized carbons (Fsp3) is 0.333. The maximum atomic E-state index is 11.3. The number of hydrogen-bond acceptors (Lipinski definition) is 5. The van der Waals surface area contributed by atoms with Gasteiger partial charge in [0.05, 0.1) is 18.9 Å². The minimum Gasteiger partial charge on any atom is -0.504 e. The van der Waals surface area contributed by atoms with Gasteiger partial charge in [-0.05, 0) is 24.6 Å². The van der Waals surface area contributed by atoms with Crippen LogP contribution in [0.2, 0.25) is 0 Å². The van der Waals surface area contributed by atoms with Crippen LogP contribution in [0.25, 0.3) is 0 Å². The number of ether oxygens (including phenoxy) is 1. The Labute approximate surface area is 103 Å². The maximum absolute atomic E-state index is 11.3. The van der Waals surface area contributed by atoms with E-state index in [1.807, 2.05) is 0 Å². The monoisotopic (exact) mass is 254 g/mol. The quantitative estimate of drug-likeness (QED) is 0.539. The number of aliphatic carboxylic acids is 1. The van der Waals surface area contributed by atoms with E-state index < -0.39 is 23.6 Å². The molecule has 3 N–H and O–H groups in total. The van der Waals surface area contributed by atoms with Crippen molar-refractivity contribution >= 4 is 11.9 Å². The molecule has 98 valence electrons. The van der Waals surface area contributed by atoms with Gasteiger partial charge in [-0.15, -0.1) is 0 Å². The molecule has 6 nitrogen and oxygen atoms in total. The van der Waals surface area contributed by atoms with E-state index >= 15 is 0 Å². The number of carbonyl (C=O) groups is 2. The molecule has 1 atom stereocenters. The lowest BCUT2D eigenvalue weighted by Gasteiger charge is -2.12. The van der Waals surface area contributed by atoms with Gasteiger partial charge in [-0.1, -0.05) is 6.07 Å². The van der Waals surface area contributed by atoms with E-state index in [0.717, 1.165) is 6.07 Å². The van der Waals surface area contributed by atoms with E-state index in [2.05, 4.69) is 4.74 Å². The van der Waals surface area contributed by atoms with E-state index in [1.165, 1.54) is 12.1 Å². The van der Waals surface area contributed by atoms with Gasteiger partial charge in [0.2, 0.25) is 0 Å². The average Bonchev–Trinajstić information content (AvgIpc) is 2.30. The number of phenolic OH excluding ortho intramolecular Hbond substituents is 2. The first-order chi connectivity index (χ1) is 8.45. The van der Waals surface area contributed by atoms with Gasteiger partial charge in [0.25, 0.3) is 0 Å². The van der Waals surface area contributed by atoms with Gasteiger partial charge < -0.3 is 20.1 Å². The van der Waals surface area contributed by atoms with Gasteiger partial charge in [-0.2, -0.15) is 0 Å². The molecule has 18 heavy (non-hydrogen) atoms. The SMILES string of the molecule is CCOC(=O)CC(C(=O)O)c1ccc(O)c(O)c1. The molecule has 0 saturated heterocycles. The molecule has 6 heteroatoms. The van der Waals surface area contributed by atoms with Crippen LogP contribution in [0.1, 0.15) is 24.8 Å². The second kappa shape index (κ2) is 5.90. The predicted molar refractivity (Wildman–Crippen MR) is 61.4 cm³/mol. The summed E-state index contributed by atoms with van der Waals surface area (Å²) in [6.07, 6.45) is -0.326. The number of carboxylic acid groups (broad SMARTS) is 1. The summed E-state index contributed by atoms with van der Waals surface area (Å²) in [6.45, 7) is 1.80. The fourth-order valence-corrected chi connectivity index (χ4v) is 1.49. The first-order valence-electron chi connectivity index (χ1n) is 5.36. The van der Waals surface area contributed by atoms with Crippen molar-refractivity contribution in [3.05, 3.63) is 23.8 Å². The van der Waals surface area contributed by atoms with Crippen LogP contribution in [0.3, 0.4) is 0 Å². The second-order valence-corrected chi connectivity index (χ2v) is 3.65. The summed E-state index contributed by atoms with van der Waals surface area (Å²) in [7, 11) is 0. The molecule has 0 aromatic heterocycles. The van der Waals surface area contributed by atoms with Gasteiger partial charge in [-0.3, -0.25) is 9.59 Å². The Morgan fingerprint density at radius 2 is 1.94 bits per heavy atom. The molecule has 1 rings (SSSR count). The molecule has 0 aliphatic carbocycles. The Hall–Kier alpha value is -2.24. The first-order valence-corrected chi connectivity index (χ1v) is 5.36. The Bertz CT molecular complexity index is 454. The highest BCUT2D eigenvalue weighted by atomic mass is 16.5. The van der Waals surface area contributed by atoms with Crippen molar-refractivity contribution in [1.82, 2.24) is 0 Å². The van der Waals surface area contributed by atoms with Gasteiger partial charge in [0, 0.05) is 0 Å². The first kappa shape index (κ1) is 13.8. The molecule has 0 aliphatic rings. The van der Waals surface area contributed by atoms with Crippen LogP contribution in [0.4, 0.5) is 0 Å². The number of hydrogen-bond donors (Lipinski definition) is 3. The third-order valence-corrected chi connectivity index (χ3v) is 2.38. The van der Waals surface area contributed by atoms with Crippen LogP contribution in [0, 0.1) is 0 Å². The highest BCUT2D eigenvalue weighted by molar-refractivity contribution is 5.83. The van der Waals surface area contributed by atoms with Crippen molar-refractivity contribution in [3.8, 4) is 11.5 Å². The Morgan fingerprint density at radius 1 is 1.28 bits per heavy atom. The predicted octanol–water partition coefficient (Wildman–Crippen LogP) is 1.22. The van der Waals surface area contributed by atoms with Crippen molar-refractivity contribution in [2.75, 3.05) is 6.61 Å². The van der Waals surface area contributed by atoms with E-state index in [0.29, 0.717) is 0 Å². The lowest BCUT2D eigenvalue weighted by molar-refractivity contribution is -0.148. The Morgan fingerprint density at radius 3 is 2.44 bits per heavy atom. The van der Waals surface area contributed by atoms with Crippen molar-refractivity contribution in [2.45, 2.75) is 19.3 Å². The number of esters is 1. The summed E-state index contributed by atoms with van der Waals surface area (Å²) in [6, 6.07) is 3.63. The summed E-state index contributed by atoms with van der Waals surface area (Å²) in [5.41, 5.74) is 0.228. The summed E-state index contributed by atoms with van der Waals surface area (Å²) in [5, 5.41) is 27.5. The largest absolute Gasteiger partial charge is 0.504 e. The molecule has 0 aliphatic heterocycles. The molecule has 0 amide bonds. The molecular formula is C12H14O6. The zero-order valence-electron chi connectivity index (χ0n) is 9.79. The van der Waals surface area contributed by atoms with Crippen LogP contribution in [0.15, 0.2) is 18.2 Å². The van der Waals surface area contributed by atoms with Gasteiger partial charge in [0.1, 0.15) is 0 Å². The molecule has 0 fully saturated rings. The molecule has 0 bridgehead atoms. The van der Waals surface area contributed by atoms with Crippen molar-refractivity contribution < 1.29 is 29.6 Å². The number of phenols is 2. The molecule has 0 saturated carbocycles. The average molecular weight is 254 g/mol. The normalized spacial score (nSPS) is 11.8. The third-order valence-electron chi connectivity index (χ3n) is 2.38. The second-order valence-electron chi connectivity index (χ2n) is 3.65. The standard InChI is InChI=1S/C12H14O6/c1-2-18-11(15)6-8(12(16)17)7-3-4-9(13)10(14)5-7/h3-5,8,13-14H,2,6H2,1H3,(H,16,17). The minimum absolute atomic E-state index is 0.173. The molecule has 1 aromatic rings. The molecular weight excluding hydrogens is 240 g/mol. The van der Waals surface area contributed by atoms with Gasteiger partial charge in [-0.25, -0.2) is 0 Å². The molecule has 0 radical (unpaired) electrons. The highest BCUT2D eigenvalue weighted by Gasteiger charge is 2.24. The molecule has 1 unspecified atom stereocenters. The van der Waals surface area contributed by atoms with Crippen LogP contribution >= 0.6 is 0 Å². The summed E-state index contributed by atoms with van der Waals surface area (Å²) in [5.74, 6) is -3.72. The molecule has 1 aromatic carbocycles. The summed E-state index contributed by atoms with van der Waals surface area (Å²) < 4.78 is 4.68. The number of benzene rings is 1. The fourth-order valence-electron chi connectivity index (χ4n) is 1.49. The van der Waals surface area contributed by atoms with Crippen LogP contribution in [-0.4, -0.2) is 33.9 Å². The summed E-state index contributed by atoms with van der Waals surface area (Å²) in [4.78, 5) is 22.4. The van der Waals surface area contributed by atoms with E-state index in [-0.39, 0.29) is 24.3 Å². The zero-order chi connectivity index (χ0) is 13.7. The van der Waals surface area contributed by atoms with E-state index in [1.54, 1.807) is 6.92 Å². The number of rotatable bonds is 5. The molecule has 0 heterocycles. The van der Waals surface area contributed by atoms with Crippen LogP contribution in [-0.2, 0) is 14.3 Å². The van der Waals surface area contributed by atoms with Gasteiger partial charge in [0.15, 0.2) is 11.5 Å². The molecule has 0 spiro atoms. The van der Waals surface area contributed by atoms with E-state index in [9.17, 15) is 14.7 Å². The smallest absolute Gasteiger partial charge is 0.311 e. The third kappa shape index (κ3) is 3.38. The number of carbonyl (C=O) groups excluding carboxylic acids is 1. The van der Waals surface area contributed by atoms with Gasteiger partial charge >= 0.3 is 11.9 Å². The number of carboxylic acids is 1. The van der Waals surface area contributed by atoms with Crippen molar-refractivity contribution in [2.24, 2.45) is 0 Å². The Balaban J connectivity index is 2.94. The topological polar surface area (TPSA) is 104 Å². The highest BCUT2D eigenvalue weighted by Crippen LogP contribution is 2.30. The van der Waals surface area contributed by atoms with Crippen LogP contribution in [0.5, 0.6) is 11.5 Å².